The van der Waals surface area contributed by atoms with E-state index in [2.05, 4.69) is 0 Å². The zero-order valence-electron chi connectivity index (χ0n) is 9.15. The molecule has 1 rings (SSSR count). The number of nitrogens with two attached hydrogens (primary N) is 1. The van der Waals surface area contributed by atoms with E-state index in [4.69, 9.17) is 10.8 Å². The van der Waals surface area contributed by atoms with Gasteiger partial charge in [0.25, 0.3) is 0 Å². The lowest BCUT2D eigenvalue weighted by atomic mass is 9.98. The summed E-state index contributed by atoms with van der Waals surface area (Å²) in [5.41, 5.74) is 6.24. The SMILES string of the molecule is NCC(O)C(O)c1ccccc1/C=C/C(=O)O. The third kappa shape index (κ3) is 3.67. The van der Waals surface area contributed by atoms with Crippen molar-refractivity contribution in [2.45, 2.75) is 12.2 Å². The highest BCUT2D eigenvalue weighted by atomic mass is 16.4. The minimum Gasteiger partial charge on any atom is -0.478 e. The molecule has 5 nitrogen and oxygen atoms in total. The first-order valence-electron chi connectivity index (χ1n) is 5.12. The number of rotatable bonds is 5. The molecular formula is C12H15NO4. The average molecular weight is 237 g/mol. The fraction of sp³-hybridized carbons (Fsp3) is 0.250. The van der Waals surface area contributed by atoms with Crippen molar-refractivity contribution >= 4 is 12.0 Å². The van der Waals surface area contributed by atoms with Crippen LogP contribution in [0.5, 0.6) is 0 Å². The molecule has 1 aromatic rings. The quantitative estimate of drug-likeness (QED) is 0.545. The Labute approximate surface area is 98.8 Å². The van der Waals surface area contributed by atoms with E-state index in [0.29, 0.717) is 11.1 Å². The van der Waals surface area contributed by atoms with Crippen molar-refractivity contribution in [1.29, 1.82) is 0 Å². The minimum absolute atomic E-state index is 0.0713. The fourth-order valence-corrected chi connectivity index (χ4v) is 1.43. The zero-order valence-corrected chi connectivity index (χ0v) is 9.15. The van der Waals surface area contributed by atoms with Crippen LogP contribution >= 0.6 is 0 Å². The number of carbonyl (C=O) groups is 1. The van der Waals surface area contributed by atoms with Crippen molar-refractivity contribution in [3.05, 3.63) is 41.5 Å². The predicted octanol–water partition coefficient (Wildman–Crippen LogP) is 0.137. The maximum atomic E-state index is 10.4. The van der Waals surface area contributed by atoms with Crippen LogP contribution in [0.2, 0.25) is 0 Å². The second kappa shape index (κ2) is 6.15. The lowest BCUT2D eigenvalue weighted by molar-refractivity contribution is -0.131. The molecule has 0 amide bonds. The molecule has 0 saturated heterocycles. The van der Waals surface area contributed by atoms with Gasteiger partial charge in [-0.1, -0.05) is 24.3 Å². The molecule has 2 unspecified atom stereocenters. The predicted molar refractivity (Wildman–Crippen MR) is 63.1 cm³/mol. The van der Waals surface area contributed by atoms with Crippen LogP contribution in [0.15, 0.2) is 30.3 Å². The van der Waals surface area contributed by atoms with Gasteiger partial charge in [0.05, 0.1) is 6.10 Å². The van der Waals surface area contributed by atoms with Crippen molar-refractivity contribution in [1.82, 2.24) is 0 Å². The summed E-state index contributed by atoms with van der Waals surface area (Å²) >= 11 is 0. The zero-order chi connectivity index (χ0) is 12.8. The molecule has 0 spiro atoms. The molecule has 2 atom stereocenters. The highest BCUT2D eigenvalue weighted by Gasteiger charge is 2.18. The van der Waals surface area contributed by atoms with Gasteiger partial charge in [-0.2, -0.15) is 0 Å². The van der Waals surface area contributed by atoms with E-state index in [1.54, 1.807) is 24.3 Å². The number of carboxylic acids is 1. The molecule has 1 aromatic carbocycles. The summed E-state index contributed by atoms with van der Waals surface area (Å²) in [4.78, 5) is 10.4. The van der Waals surface area contributed by atoms with Crippen LogP contribution in [-0.4, -0.2) is 33.9 Å². The lowest BCUT2D eigenvalue weighted by Crippen LogP contribution is -2.27. The van der Waals surface area contributed by atoms with Crippen molar-refractivity contribution in [2.24, 2.45) is 5.73 Å². The molecule has 17 heavy (non-hydrogen) atoms. The first kappa shape index (κ1) is 13.4. The topological polar surface area (TPSA) is 104 Å². The maximum absolute atomic E-state index is 10.4. The van der Waals surface area contributed by atoms with Crippen LogP contribution < -0.4 is 5.73 Å². The van der Waals surface area contributed by atoms with Crippen LogP contribution in [0.4, 0.5) is 0 Å². The molecule has 5 heteroatoms. The van der Waals surface area contributed by atoms with E-state index in [1.807, 2.05) is 0 Å². The summed E-state index contributed by atoms with van der Waals surface area (Å²) < 4.78 is 0. The Balaban J connectivity index is 3.03. The molecule has 0 fully saturated rings. The van der Waals surface area contributed by atoms with Gasteiger partial charge in [0.1, 0.15) is 6.10 Å². The normalized spacial score (nSPS) is 14.8. The van der Waals surface area contributed by atoms with E-state index < -0.39 is 18.2 Å². The van der Waals surface area contributed by atoms with E-state index in [0.717, 1.165) is 6.08 Å². The largest absolute Gasteiger partial charge is 0.478 e. The molecule has 92 valence electrons. The molecular weight excluding hydrogens is 222 g/mol. The van der Waals surface area contributed by atoms with Crippen molar-refractivity contribution in [3.8, 4) is 0 Å². The molecule has 0 heterocycles. The van der Waals surface area contributed by atoms with Crippen LogP contribution in [0.3, 0.4) is 0 Å². The Morgan fingerprint density at radius 1 is 1.35 bits per heavy atom. The standard InChI is InChI=1S/C12H15NO4/c13-7-10(14)12(17)9-4-2-1-3-8(9)5-6-11(15)16/h1-6,10,12,14,17H,7,13H2,(H,15,16)/b6-5+. The van der Waals surface area contributed by atoms with Gasteiger partial charge in [-0.15, -0.1) is 0 Å². The molecule has 0 saturated carbocycles. The number of aliphatic carboxylic acids is 1. The first-order chi connectivity index (χ1) is 8.06. The first-order valence-corrected chi connectivity index (χ1v) is 5.12. The number of aliphatic hydroxyl groups excluding tert-OH is 2. The van der Waals surface area contributed by atoms with Gasteiger partial charge in [-0.05, 0) is 17.2 Å². The van der Waals surface area contributed by atoms with E-state index >= 15 is 0 Å². The summed E-state index contributed by atoms with van der Waals surface area (Å²) in [7, 11) is 0. The summed E-state index contributed by atoms with van der Waals surface area (Å²) in [6.45, 7) is -0.0713. The second-order valence-electron chi connectivity index (χ2n) is 3.55. The van der Waals surface area contributed by atoms with Crippen molar-refractivity contribution in [2.75, 3.05) is 6.54 Å². The maximum Gasteiger partial charge on any atom is 0.328 e. The molecule has 5 N–H and O–H groups in total. The third-order valence-electron chi connectivity index (χ3n) is 2.33. The third-order valence-corrected chi connectivity index (χ3v) is 2.33. The van der Waals surface area contributed by atoms with E-state index in [9.17, 15) is 15.0 Å². The second-order valence-corrected chi connectivity index (χ2v) is 3.55. The summed E-state index contributed by atoms with van der Waals surface area (Å²) in [5.74, 6) is -1.08. The fourth-order valence-electron chi connectivity index (χ4n) is 1.43. The summed E-state index contributed by atoms with van der Waals surface area (Å²) in [6, 6.07) is 6.68. The van der Waals surface area contributed by atoms with Gasteiger partial charge in [0, 0.05) is 12.6 Å². The van der Waals surface area contributed by atoms with Gasteiger partial charge in [-0.3, -0.25) is 0 Å². The summed E-state index contributed by atoms with van der Waals surface area (Å²) in [6.07, 6.45) is 0.133. The molecule has 0 bridgehead atoms. The van der Waals surface area contributed by atoms with Crippen LogP contribution in [0.1, 0.15) is 17.2 Å². The monoisotopic (exact) mass is 237 g/mol. The van der Waals surface area contributed by atoms with E-state index in [1.165, 1.54) is 6.08 Å². The van der Waals surface area contributed by atoms with Gasteiger partial charge in [0.15, 0.2) is 0 Å². The van der Waals surface area contributed by atoms with Gasteiger partial charge >= 0.3 is 5.97 Å². The van der Waals surface area contributed by atoms with Crippen LogP contribution in [0, 0.1) is 0 Å². The Morgan fingerprint density at radius 3 is 2.59 bits per heavy atom. The van der Waals surface area contributed by atoms with Crippen molar-refractivity contribution in [3.63, 3.8) is 0 Å². The van der Waals surface area contributed by atoms with Crippen LogP contribution in [0.25, 0.3) is 6.08 Å². The number of benzene rings is 1. The highest BCUT2D eigenvalue weighted by Crippen LogP contribution is 2.21. The average Bonchev–Trinajstić information content (AvgIpc) is 2.34. The number of aliphatic hydroxyl groups is 2. The molecule has 0 aliphatic heterocycles. The Hall–Kier alpha value is -1.69. The van der Waals surface area contributed by atoms with Gasteiger partial charge in [0.2, 0.25) is 0 Å². The Bertz CT molecular complexity index is 417. The lowest BCUT2D eigenvalue weighted by Gasteiger charge is -2.18. The smallest absolute Gasteiger partial charge is 0.328 e. The number of carboxylic acid groups (broad SMARTS) is 1. The van der Waals surface area contributed by atoms with Gasteiger partial charge in [-0.25, -0.2) is 4.79 Å². The Kier molecular flexibility index (Phi) is 4.84. The molecule has 0 aliphatic carbocycles. The summed E-state index contributed by atoms with van der Waals surface area (Å²) in [5, 5.41) is 27.8. The molecule has 0 aromatic heterocycles. The highest BCUT2D eigenvalue weighted by molar-refractivity contribution is 5.85. The molecule has 0 aliphatic rings. The van der Waals surface area contributed by atoms with E-state index in [-0.39, 0.29) is 6.54 Å². The minimum atomic E-state index is -1.13. The Morgan fingerprint density at radius 2 is 2.00 bits per heavy atom. The molecule has 0 radical (unpaired) electrons. The van der Waals surface area contributed by atoms with Crippen LogP contribution in [-0.2, 0) is 4.79 Å². The number of hydrogen-bond donors (Lipinski definition) is 4. The van der Waals surface area contributed by atoms with Gasteiger partial charge < -0.3 is 21.1 Å². The number of hydrogen-bond acceptors (Lipinski definition) is 4. The van der Waals surface area contributed by atoms with Crippen molar-refractivity contribution < 1.29 is 20.1 Å².